The van der Waals surface area contributed by atoms with Gasteiger partial charge in [-0.3, -0.25) is 15.0 Å². The molecule has 0 saturated carbocycles. The Hall–Kier alpha value is -1.14. The van der Waals surface area contributed by atoms with E-state index < -0.39 is 6.03 Å². The maximum atomic E-state index is 11.6. The molecule has 0 aliphatic carbocycles. The lowest BCUT2D eigenvalue weighted by atomic mass is 10.0. The van der Waals surface area contributed by atoms with Gasteiger partial charge in [-0.25, -0.2) is 4.79 Å². The number of imide groups is 1. The Morgan fingerprint density at radius 3 is 2.30 bits per heavy atom. The zero-order chi connectivity index (χ0) is 15.7. The molecule has 0 saturated heterocycles. The highest BCUT2D eigenvalue weighted by Gasteiger charge is 2.13. The highest BCUT2D eigenvalue weighted by Crippen LogP contribution is 2.03. The van der Waals surface area contributed by atoms with E-state index in [0.717, 1.165) is 13.0 Å². The van der Waals surface area contributed by atoms with E-state index in [-0.39, 0.29) is 18.5 Å². The summed E-state index contributed by atoms with van der Waals surface area (Å²) in [6, 6.07) is -0.300. The summed E-state index contributed by atoms with van der Waals surface area (Å²) in [5, 5.41) is 4.96. The zero-order valence-corrected chi connectivity index (χ0v) is 13.4. The first-order valence-electron chi connectivity index (χ1n) is 7.24. The van der Waals surface area contributed by atoms with Crippen LogP contribution in [0.4, 0.5) is 4.79 Å². The number of urea groups is 1. The monoisotopic (exact) mass is 286 g/mol. The average Bonchev–Trinajstić information content (AvgIpc) is 2.32. The molecule has 3 amide bonds. The maximum Gasteiger partial charge on any atom is 0.321 e. The van der Waals surface area contributed by atoms with Crippen molar-refractivity contribution < 1.29 is 9.59 Å². The third-order valence-electron chi connectivity index (χ3n) is 3.04. The Morgan fingerprint density at radius 2 is 1.80 bits per heavy atom. The van der Waals surface area contributed by atoms with E-state index in [4.69, 9.17) is 5.73 Å². The average molecular weight is 286 g/mol. The van der Waals surface area contributed by atoms with Gasteiger partial charge in [-0.05, 0) is 31.8 Å². The molecule has 1 atom stereocenters. The summed E-state index contributed by atoms with van der Waals surface area (Å²) in [5.41, 5.74) is 5.95. The minimum absolute atomic E-state index is 0.134. The second-order valence-electron chi connectivity index (χ2n) is 6.09. The third-order valence-corrected chi connectivity index (χ3v) is 3.04. The highest BCUT2D eigenvalue weighted by molar-refractivity contribution is 5.95. The Kier molecular flexibility index (Phi) is 9.16. The SMILES string of the molecule is CC(C)CNC(=O)NC(=O)CN(C)CCC(N)C(C)C. The lowest BCUT2D eigenvalue weighted by Gasteiger charge is -2.20. The van der Waals surface area contributed by atoms with Crippen molar-refractivity contribution in [3.8, 4) is 0 Å². The van der Waals surface area contributed by atoms with Gasteiger partial charge in [-0.2, -0.15) is 0 Å². The number of carbonyl (C=O) groups is 2. The van der Waals surface area contributed by atoms with Crippen LogP contribution in [-0.2, 0) is 4.79 Å². The van der Waals surface area contributed by atoms with Gasteiger partial charge in [0.2, 0.25) is 5.91 Å². The molecule has 118 valence electrons. The molecule has 0 aromatic heterocycles. The van der Waals surface area contributed by atoms with Crippen molar-refractivity contribution in [2.45, 2.75) is 40.2 Å². The Labute approximate surface area is 122 Å². The lowest BCUT2D eigenvalue weighted by molar-refractivity contribution is -0.120. The molecule has 0 heterocycles. The van der Waals surface area contributed by atoms with Gasteiger partial charge in [0.05, 0.1) is 6.54 Å². The number of nitrogens with zero attached hydrogens (tertiary/aromatic N) is 1. The van der Waals surface area contributed by atoms with Crippen LogP contribution in [0.5, 0.6) is 0 Å². The van der Waals surface area contributed by atoms with Crippen LogP contribution in [0.3, 0.4) is 0 Å². The van der Waals surface area contributed by atoms with E-state index in [9.17, 15) is 9.59 Å². The number of hydrogen-bond acceptors (Lipinski definition) is 4. The van der Waals surface area contributed by atoms with E-state index in [0.29, 0.717) is 18.4 Å². The van der Waals surface area contributed by atoms with Gasteiger partial charge in [-0.1, -0.05) is 27.7 Å². The second kappa shape index (κ2) is 9.72. The molecule has 20 heavy (non-hydrogen) atoms. The number of amides is 3. The number of nitrogens with two attached hydrogens (primary N) is 1. The van der Waals surface area contributed by atoms with E-state index in [1.807, 2.05) is 25.8 Å². The van der Waals surface area contributed by atoms with Crippen molar-refractivity contribution in [1.82, 2.24) is 15.5 Å². The van der Waals surface area contributed by atoms with Crippen LogP contribution in [0.25, 0.3) is 0 Å². The molecule has 0 aromatic carbocycles. The molecule has 0 aliphatic rings. The topological polar surface area (TPSA) is 87.5 Å². The first kappa shape index (κ1) is 18.9. The predicted molar refractivity (Wildman–Crippen MR) is 81.3 cm³/mol. The molecule has 0 rings (SSSR count). The summed E-state index contributed by atoms with van der Waals surface area (Å²) in [4.78, 5) is 24.9. The van der Waals surface area contributed by atoms with Gasteiger partial charge in [0.1, 0.15) is 0 Å². The minimum Gasteiger partial charge on any atom is -0.338 e. The molecule has 1 unspecified atom stereocenters. The van der Waals surface area contributed by atoms with Crippen molar-refractivity contribution in [3.63, 3.8) is 0 Å². The number of likely N-dealkylation sites (N-methyl/N-ethyl adjacent to an activating group) is 1. The normalized spacial score (nSPS) is 12.8. The van der Waals surface area contributed by atoms with Crippen molar-refractivity contribution in [1.29, 1.82) is 0 Å². The molecule has 0 aromatic rings. The van der Waals surface area contributed by atoms with Gasteiger partial charge in [0.25, 0.3) is 0 Å². The molecule has 6 heteroatoms. The fourth-order valence-corrected chi connectivity index (χ4v) is 1.53. The summed E-state index contributed by atoms with van der Waals surface area (Å²) in [5.74, 6) is 0.488. The fourth-order valence-electron chi connectivity index (χ4n) is 1.53. The van der Waals surface area contributed by atoms with Crippen molar-refractivity contribution in [2.75, 3.05) is 26.7 Å². The molecule has 0 aliphatic heterocycles. The summed E-state index contributed by atoms with van der Waals surface area (Å²) in [7, 11) is 1.85. The van der Waals surface area contributed by atoms with Crippen LogP contribution in [0.15, 0.2) is 0 Å². The Bertz CT molecular complexity index is 306. The summed E-state index contributed by atoms with van der Waals surface area (Å²) < 4.78 is 0. The van der Waals surface area contributed by atoms with Gasteiger partial charge < -0.3 is 11.1 Å². The number of nitrogens with one attached hydrogen (secondary N) is 2. The number of hydrogen-bond donors (Lipinski definition) is 3. The molecule has 0 bridgehead atoms. The molecular formula is C14H30N4O2. The first-order chi connectivity index (χ1) is 9.22. The van der Waals surface area contributed by atoms with Gasteiger partial charge in [0.15, 0.2) is 0 Å². The van der Waals surface area contributed by atoms with E-state index >= 15 is 0 Å². The van der Waals surface area contributed by atoms with Crippen LogP contribution in [0, 0.1) is 11.8 Å². The molecule has 0 radical (unpaired) electrons. The minimum atomic E-state index is -0.434. The largest absolute Gasteiger partial charge is 0.338 e. The molecular weight excluding hydrogens is 256 g/mol. The van der Waals surface area contributed by atoms with Gasteiger partial charge >= 0.3 is 6.03 Å². The number of carbonyl (C=O) groups excluding carboxylic acids is 2. The second-order valence-corrected chi connectivity index (χ2v) is 6.09. The molecule has 0 spiro atoms. The zero-order valence-electron chi connectivity index (χ0n) is 13.4. The lowest BCUT2D eigenvalue weighted by Crippen LogP contribution is -2.45. The van der Waals surface area contributed by atoms with E-state index in [1.165, 1.54) is 0 Å². The fraction of sp³-hybridized carbons (Fsp3) is 0.857. The van der Waals surface area contributed by atoms with Crippen LogP contribution in [0.1, 0.15) is 34.1 Å². The van der Waals surface area contributed by atoms with Crippen molar-refractivity contribution >= 4 is 11.9 Å². The smallest absolute Gasteiger partial charge is 0.321 e. The van der Waals surface area contributed by atoms with Gasteiger partial charge in [-0.15, -0.1) is 0 Å². The van der Waals surface area contributed by atoms with E-state index in [1.54, 1.807) is 0 Å². The summed E-state index contributed by atoms with van der Waals surface area (Å²) in [6.07, 6.45) is 0.834. The van der Waals surface area contributed by atoms with Crippen molar-refractivity contribution in [3.05, 3.63) is 0 Å². The van der Waals surface area contributed by atoms with Crippen LogP contribution in [0.2, 0.25) is 0 Å². The highest BCUT2D eigenvalue weighted by atomic mass is 16.2. The summed E-state index contributed by atoms with van der Waals surface area (Å²) >= 11 is 0. The quantitative estimate of drug-likeness (QED) is 0.615. The Morgan fingerprint density at radius 1 is 1.20 bits per heavy atom. The molecule has 4 N–H and O–H groups in total. The Balaban J connectivity index is 3.87. The van der Waals surface area contributed by atoms with E-state index in [2.05, 4.69) is 24.5 Å². The van der Waals surface area contributed by atoms with Crippen LogP contribution >= 0.6 is 0 Å². The first-order valence-corrected chi connectivity index (χ1v) is 7.24. The third kappa shape index (κ3) is 9.75. The summed E-state index contributed by atoms with van der Waals surface area (Å²) in [6.45, 7) is 9.63. The maximum absolute atomic E-state index is 11.6. The van der Waals surface area contributed by atoms with Crippen LogP contribution in [-0.4, -0.2) is 49.6 Å². The molecule has 0 fully saturated rings. The number of rotatable bonds is 8. The van der Waals surface area contributed by atoms with Gasteiger partial charge in [0, 0.05) is 12.6 Å². The standard InChI is InChI=1S/C14H30N4O2/c1-10(2)8-16-14(20)17-13(19)9-18(5)7-6-12(15)11(3)4/h10-12H,6-9,15H2,1-5H3,(H2,16,17,19,20). The van der Waals surface area contributed by atoms with Crippen molar-refractivity contribution in [2.24, 2.45) is 17.6 Å². The predicted octanol–water partition coefficient (Wildman–Crippen LogP) is 0.773. The van der Waals surface area contributed by atoms with Crippen LogP contribution < -0.4 is 16.4 Å². The molecule has 6 nitrogen and oxygen atoms in total.